The third-order valence-corrected chi connectivity index (χ3v) is 9.18. The van der Waals surface area contributed by atoms with Crippen LogP contribution in [-0.2, 0) is 33.2 Å². The molecule has 0 aromatic heterocycles. The Morgan fingerprint density at radius 1 is 0.766 bits per heavy atom. The monoisotopic (exact) mass is 683 g/mol. The molecule has 3 saturated heterocycles. The number of aliphatic hydroxyl groups is 6. The highest BCUT2D eigenvalue weighted by Gasteiger charge is 2.54. The summed E-state index contributed by atoms with van der Waals surface area (Å²) >= 11 is 0. The standard InChI is InChI=1S/C27H53N7O13/c28-4-3-13(36)24(41)34-12-5-11(32)21(45-25-10(31)2-1-9(6-29)42-25)23(17(12)37)47-27-20(40)22(15(8-35)44-27)46-26-16(33)19(39)18(38)14(7-30)43-26/h9-23,25-27,35-40H,1-8,28-33H2,(H,34,41)/t9-,10+,11-,12+,13-,14-,15+,16+,17-,18+,19+,20+,21+,22+,23+,25+,26+,27-/m0/s1. The molecule has 0 unspecified atom stereocenters. The summed E-state index contributed by atoms with van der Waals surface area (Å²) in [7, 11) is 0. The van der Waals surface area contributed by atoms with Crippen molar-refractivity contribution in [1.82, 2.24) is 5.32 Å². The van der Waals surface area contributed by atoms with Gasteiger partial charge in [-0.15, -0.1) is 0 Å². The first-order valence-electron chi connectivity index (χ1n) is 16.0. The summed E-state index contributed by atoms with van der Waals surface area (Å²) < 4.78 is 35.5. The number of hydrogen-bond acceptors (Lipinski definition) is 19. The Balaban J connectivity index is 1.54. The lowest BCUT2D eigenvalue weighted by Crippen LogP contribution is -2.67. The fraction of sp³-hybridized carbons (Fsp3) is 0.963. The van der Waals surface area contributed by atoms with Gasteiger partial charge in [-0.05, 0) is 32.2 Å². The molecule has 3 heterocycles. The molecule has 19 N–H and O–H groups in total. The van der Waals surface area contributed by atoms with Crippen LogP contribution in [0, 0.1) is 0 Å². The number of hydrogen-bond donors (Lipinski definition) is 13. The lowest BCUT2D eigenvalue weighted by molar-refractivity contribution is -0.289. The molecular weight excluding hydrogens is 630 g/mol. The molecule has 18 atom stereocenters. The molecule has 0 bridgehead atoms. The minimum Gasteiger partial charge on any atom is -0.394 e. The maximum absolute atomic E-state index is 12.6. The van der Waals surface area contributed by atoms with Crippen LogP contribution in [0.4, 0.5) is 0 Å². The number of aliphatic hydroxyl groups excluding tert-OH is 6. The van der Waals surface area contributed by atoms with Gasteiger partial charge in [0, 0.05) is 19.1 Å². The first-order chi connectivity index (χ1) is 22.3. The summed E-state index contributed by atoms with van der Waals surface area (Å²) in [6.07, 6.45) is -16.7. The van der Waals surface area contributed by atoms with Crippen molar-refractivity contribution in [3.8, 4) is 0 Å². The summed E-state index contributed by atoms with van der Waals surface area (Å²) in [6.45, 7) is -0.575. The van der Waals surface area contributed by atoms with E-state index in [1.807, 2.05) is 0 Å². The van der Waals surface area contributed by atoms with Crippen LogP contribution in [0.25, 0.3) is 0 Å². The van der Waals surface area contributed by atoms with Crippen molar-refractivity contribution in [2.45, 2.75) is 136 Å². The van der Waals surface area contributed by atoms with E-state index >= 15 is 0 Å². The molecule has 1 saturated carbocycles. The van der Waals surface area contributed by atoms with Crippen LogP contribution in [0.1, 0.15) is 25.7 Å². The molecule has 4 rings (SSSR count). The fourth-order valence-electron chi connectivity index (χ4n) is 6.33. The van der Waals surface area contributed by atoms with Gasteiger partial charge in [0.2, 0.25) is 5.91 Å². The molecule has 0 aromatic carbocycles. The van der Waals surface area contributed by atoms with Crippen LogP contribution in [-0.4, -0.2) is 173 Å². The van der Waals surface area contributed by atoms with Crippen molar-refractivity contribution in [3.63, 3.8) is 0 Å². The summed E-state index contributed by atoms with van der Waals surface area (Å²) in [5, 5.41) is 66.2. The van der Waals surface area contributed by atoms with Crippen molar-refractivity contribution >= 4 is 5.91 Å². The van der Waals surface area contributed by atoms with Gasteiger partial charge >= 0.3 is 0 Å². The molecule has 1 amide bonds. The Morgan fingerprint density at radius 3 is 2.06 bits per heavy atom. The van der Waals surface area contributed by atoms with Crippen molar-refractivity contribution in [2.24, 2.45) is 34.4 Å². The van der Waals surface area contributed by atoms with Gasteiger partial charge in [-0.25, -0.2) is 0 Å². The van der Waals surface area contributed by atoms with Gasteiger partial charge in [-0.2, -0.15) is 0 Å². The smallest absolute Gasteiger partial charge is 0.249 e. The zero-order valence-corrected chi connectivity index (χ0v) is 26.1. The van der Waals surface area contributed by atoms with Gasteiger partial charge in [0.05, 0.1) is 30.8 Å². The number of nitrogens with two attached hydrogens (primary N) is 6. The second-order valence-corrected chi connectivity index (χ2v) is 12.6. The van der Waals surface area contributed by atoms with E-state index in [-0.39, 0.29) is 38.6 Å². The van der Waals surface area contributed by atoms with Crippen molar-refractivity contribution < 1.29 is 63.9 Å². The Kier molecular flexibility index (Phi) is 14.0. The van der Waals surface area contributed by atoms with Gasteiger partial charge < -0.3 is 98.8 Å². The predicted molar refractivity (Wildman–Crippen MR) is 159 cm³/mol. The molecule has 47 heavy (non-hydrogen) atoms. The average Bonchev–Trinajstić information content (AvgIpc) is 3.35. The number of carbonyl (C=O) groups is 1. The summed E-state index contributed by atoms with van der Waals surface area (Å²) in [6, 6.07) is -3.77. The van der Waals surface area contributed by atoms with Crippen molar-refractivity contribution in [1.29, 1.82) is 0 Å². The van der Waals surface area contributed by atoms with E-state index in [1.54, 1.807) is 0 Å². The SMILES string of the molecule is NCC[C@H](O)C(=O)N[C@@H]1C[C@H](N)[C@@H](O[C@H]2O[C@H](CN)CC[C@H]2N)[C@H](O[C@@H]2O[C@H](CO)[C@@H](O[C@H]3O[C@@H](CN)[C@@H](O)[C@H](O)[C@H]3N)[C@H]2O)[C@H]1O. The lowest BCUT2D eigenvalue weighted by atomic mass is 9.83. The van der Waals surface area contributed by atoms with Gasteiger partial charge in [0.25, 0.3) is 0 Å². The normalized spacial score (nSPS) is 46.7. The third-order valence-electron chi connectivity index (χ3n) is 9.18. The second-order valence-electron chi connectivity index (χ2n) is 12.6. The Labute approximate surface area is 271 Å². The number of rotatable bonds is 13. The molecule has 0 spiro atoms. The number of ether oxygens (including phenoxy) is 6. The zero-order chi connectivity index (χ0) is 34.6. The maximum Gasteiger partial charge on any atom is 0.249 e. The highest BCUT2D eigenvalue weighted by molar-refractivity contribution is 5.80. The van der Waals surface area contributed by atoms with E-state index in [9.17, 15) is 35.4 Å². The molecule has 4 aliphatic rings. The van der Waals surface area contributed by atoms with E-state index in [0.29, 0.717) is 12.8 Å². The molecule has 274 valence electrons. The molecule has 20 heteroatoms. The number of nitrogens with one attached hydrogen (secondary N) is 1. The van der Waals surface area contributed by atoms with Crippen LogP contribution in [0.3, 0.4) is 0 Å². The Bertz CT molecular complexity index is 993. The molecule has 3 aliphatic heterocycles. The topological polar surface area (TPSA) is 362 Å². The average molecular weight is 684 g/mol. The summed E-state index contributed by atoms with van der Waals surface area (Å²) in [5.74, 6) is -0.786. The van der Waals surface area contributed by atoms with Crippen LogP contribution < -0.4 is 39.7 Å². The fourth-order valence-corrected chi connectivity index (χ4v) is 6.33. The van der Waals surface area contributed by atoms with Crippen LogP contribution in [0.5, 0.6) is 0 Å². The van der Waals surface area contributed by atoms with Gasteiger partial charge in [-0.3, -0.25) is 4.79 Å². The van der Waals surface area contributed by atoms with Crippen LogP contribution in [0.2, 0.25) is 0 Å². The highest BCUT2D eigenvalue weighted by atomic mass is 16.8. The van der Waals surface area contributed by atoms with Gasteiger partial charge in [-0.1, -0.05) is 0 Å². The third kappa shape index (κ3) is 8.74. The predicted octanol–water partition coefficient (Wildman–Crippen LogP) is -7.97. The first kappa shape index (κ1) is 38.6. The minimum atomic E-state index is -1.64. The van der Waals surface area contributed by atoms with E-state index in [0.717, 1.165) is 0 Å². The molecule has 1 aliphatic carbocycles. The Morgan fingerprint density at radius 2 is 1.43 bits per heavy atom. The summed E-state index contributed by atoms with van der Waals surface area (Å²) in [4.78, 5) is 12.6. The Hall–Kier alpha value is -1.25. The molecule has 20 nitrogen and oxygen atoms in total. The minimum absolute atomic E-state index is 0.0124. The van der Waals surface area contributed by atoms with Gasteiger partial charge in [0.1, 0.15) is 61.0 Å². The largest absolute Gasteiger partial charge is 0.394 e. The summed E-state index contributed by atoms with van der Waals surface area (Å²) in [5.41, 5.74) is 35.7. The van der Waals surface area contributed by atoms with Gasteiger partial charge in [0.15, 0.2) is 18.9 Å². The number of amides is 1. The number of carbonyl (C=O) groups excluding carboxylic acids is 1. The van der Waals surface area contributed by atoms with Crippen molar-refractivity contribution in [3.05, 3.63) is 0 Å². The maximum atomic E-state index is 12.6. The highest BCUT2D eigenvalue weighted by Crippen LogP contribution is 2.34. The molecular formula is C27H53N7O13. The van der Waals surface area contributed by atoms with Crippen LogP contribution in [0.15, 0.2) is 0 Å². The van der Waals surface area contributed by atoms with Crippen molar-refractivity contribution in [2.75, 3.05) is 26.2 Å². The van der Waals surface area contributed by atoms with Crippen LogP contribution >= 0.6 is 0 Å². The lowest BCUT2D eigenvalue weighted by Gasteiger charge is -2.46. The second kappa shape index (κ2) is 17.1. The molecule has 4 fully saturated rings. The molecule has 0 aromatic rings. The van der Waals surface area contributed by atoms with E-state index in [4.69, 9.17) is 62.8 Å². The first-order valence-corrected chi connectivity index (χ1v) is 16.0. The zero-order valence-electron chi connectivity index (χ0n) is 26.1. The quantitative estimate of drug-likeness (QED) is 0.0856. The molecule has 0 radical (unpaired) electrons. The van der Waals surface area contributed by atoms with E-state index < -0.39 is 117 Å². The van der Waals surface area contributed by atoms with E-state index in [1.165, 1.54) is 0 Å². The van der Waals surface area contributed by atoms with E-state index in [2.05, 4.69) is 5.32 Å².